The SMILES string of the molecule is CC(NC(=O)c1cccs1)C(=O)NCc1ccc(N2CCc3ccccc3C2)nc1. The van der Waals surface area contributed by atoms with Gasteiger partial charge in [-0.2, -0.15) is 0 Å². The van der Waals surface area contributed by atoms with Crippen LogP contribution in [0.15, 0.2) is 60.1 Å². The second kappa shape index (κ2) is 9.09. The van der Waals surface area contributed by atoms with Crippen LogP contribution >= 0.6 is 11.3 Å². The first kappa shape index (κ1) is 20.1. The maximum atomic E-state index is 12.3. The van der Waals surface area contributed by atoms with E-state index in [1.165, 1.54) is 22.5 Å². The quantitative estimate of drug-likeness (QED) is 0.643. The Kier molecular flexibility index (Phi) is 6.09. The Labute approximate surface area is 180 Å². The number of aromatic nitrogens is 1. The molecule has 7 heteroatoms. The summed E-state index contributed by atoms with van der Waals surface area (Å²) < 4.78 is 0. The molecule has 0 bridgehead atoms. The summed E-state index contributed by atoms with van der Waals surface area (Å²) in [5.74, 6) is 0.481. The van der Waals surface area contributed by atoms with Crippen LogP contribution in [0.4, 0.5) is 5.82 Å². The summed E-state index contributed by atoms with van der Waals surface area (Å²) >= 11 is 1.35. The molecule has 0 saturated carbocycles. The fourth-order valence-electron chi connectivity index (χ4n) is 3.48. The van der Waals surface area contributed by atoms with Gasteiger partial charge in [-0.15, -0.1) is 11.3 Å². The zero-order valence-electron chi connectivity index (χ0n) is 16.8. The van der Waals surface area contributed by atoms with Gasteiger partial charge in [0.15, 0.2) is 0 Å². The largest absolute Gasteiger partial charge is 0.352 e. The van der Waals surface area contributed by atoms with Crippen LogP contribution in [0.3, 0.4) is 0 Å². The molecule has 154 valence electrons. The molecule has 30 heavy (non-hydrogen) atoms. The highest BCUT2D eigenvalue weighted by atomic mass is 32.1. The number of benzene rings is 1. The van der Waals surface area contributed by atoms with Crippen molar-refractivity contribution >= 4 is 29.0 Å². The third kappa shape index (κ3) is 4.68. The van der Waals surface area contributed by atoms with E-state index in [9.17, 15) is 9.59 Å². The summed E-state index contributed by atoms with van der Waals surface area (Å²) in [6.45, 7) is 3.85. The average molecular weight is 421 g/mol. The van der Waals surface area contributed by atoms with Crippen molar-refractivity contribution in [1.29, 1.82) is 0 Å². The number of rotatable bonds is 6. The van der Waals surface area contributed by atoms with Gasteiger partial charge in [0.1, 0.15) is 11.9 Å². The number of thiophene rings is 1. The lowest BCUT2D eigenvalue weighted by Crippen LogP contribution is -2.44. The number of anilines is 1. The summed E-state index contributed by atoms with van der Waals surface area (Å²) in [5, 5.41) is 7.41. The van der Waals surface area contributed by atoms with Crippen LogP contribution in [0.25, 0.3) is 0 Å². The number of amides is 2. The highest BCUT2D eigenvalue weighted by Gasteiger charge is 2.18. The molecule has 0 spiro atoms. The average Bonchev–Trinajstić information content (AvgIpc) is 3.32. The van der Waals surface area contributed by atoms with Crippen LogP contribution in [0.2, 0.25) is 0 Å². The van der Waals surface area contributed by atoms with Gasteiger partial charge in [0.25, 0.3) is 5.91 Å². The third-order valence-electron chi connectivity index (χ3n) is 5.22. The molecule has 1 atom stereocenters. The Bertz CT molecular complexity index is 1020. The summed E-state index contributed by atoms with van der Waals surface area (Å²) in [6.07, 6.45) is 2.82. The first-order valence-corrected chi connectivity index (χ1v) is 10.9. The van der Waals surface area contributed by atoms with E-state index in [-0.39, 0.29) is 11.8 Å². The number of pyridine rings is 1. The molecule has 3 heterocycles. The number of carbonyl (C=O) groups excluding carboxylic acids is 2. The summed E-state index contributed by atoms with van der Waals surface area (Å²) in [6, 6.07) is 15.4. The monoisotopic (exact) mass is 420 g/mol. The summed E-state index contributed by atoms with van der Waals surface area (Å²) in [7, 11) is 0. The minimum Gasteiger partial charge on any atom is -0.352 e. The van der Waals surface area contributed by atoms with Crippen molar-refractivity contribution in [2.75, 3.05) is 11.4 Å². The van der Waals surface area contributed by atoms with Gasteiger partial charge in [-0.1, -0.05) is 36.4 Å². The van der Waals surface area contributed by atoms with E-state index in [1.54, 1.807) is 19.2 Å². The first-order chi connectivity index (χ1) is 14.6. The zero-order valence-corrected chi connectivity index (χ0v) is 17.6. The molecule has 1 aromatic carbocycles. The molecule has 1 aliphatic heterocycles. The Hall–Kier alpha value is -3.19. The molecular formula is C23H24N4O2S. The van der Waals surface area contributed by atoms with Crippen molar-refractivity contribution in [2.45, 2.75) is 32.5 Å². The van der Waals surface area contributed by atoms with Crippen LogP contribution in [0.5, 0.6) is 0 Å². The molecule has 1 unspecified atom stereocenters. The zero-order chi connectivity index (χ0) is 20.9. The van der Waals surface area contributed by atoms with Crippen molar-refractivity contribution < 1.29 is 9.59 Å². The Balaban J connectivity index is 1.28. The first-order valence-electron chi connectivity index (χ1n) is 9.99. The second-order valence-corrected chi connectivity index (χ2v) is 8.30. The van der Waals surface area contributed by atoms with Crippen LogP contribution in [0, 0.1) is 0 Å². The van der Waals surface area contributed by atoms with Crippen LogP contribution in [-0.2, 0) is 24.3 Å². The lowest BCUT2D eigenvalue weighted by atomic mass is 10.00. The predicted molar refractivity (Wildman–Crippen MR) is 119 cm³/mol. The minimum absolute atomic E-state index is 0.225. The van der Waals surface area contributed by atoms with Gasteiger partial charge in [0.2, 0.25) is 5.91 Å². The van der Waals surface area contributed by atoms with Crippen molar-refractivity contribution in [2.24, 2.45) is 0 Å². The highest BCUT2D eigenvalue weighted by Crippen LogP contribution is 2.23. The molecule has 0 saturated heterocycles. The van der Waals surface area contributed by atoms with E-state index >= 15 is 0 Å². The van der Waals surface area contributed by atoms with Gasteiger partial charge in [-0.25, -0.2) is 4.98 Å². The molecular weight excluding hydrogens is 396 g/mol. The third-order valence-corrected chi connectivity index (χ3v) is 6.08. The molecule has 1 aliphatic rings. The number of nitrogens with one attached hydrogen (secondary N) is 2. The lowest BCUT2D eigenvalue weighted by molar-refractivity contribution is -0.122. The molecule has 3 aromatic rings. The standard InChI is InChI=1S/C23H24N4O2S/c1-16(26-23(29)20-7-4-12-30-20)22(28)25-14-17-8-9-21(24-13-17)27-11-10-18-5-2-3-6-19(18)15-27/h2-9,12-13,16H,10-11,14-15H2,1H3,(H,25,28)(H,26,29). The van der Waals surface area contributed by atoms with E-state index in [2.05, 4.69) is 44.8 Å². The Morgan fingerprint density at radius 1 is 1.13 bits per heavy atom. The molecule has 2 amide bonds. The van der Waals surface area contributed by atoms with E-state index in [0.29, 0.717) is 11.4 Å². The van der Waals surface area contributed by atoms with Crippen LogP contribution in [-0.4, -0.2) is 29.4 Å². The van der Waals surface area contributed by atoms with Crippen molar-refractivity contribution in [1.82, 2.24) is 15.6 Å². The van der Waals surface area contributed by atoms with Gasteiger partial charge in [0, 0.05) is 25.8 Å². The van der Waals surface area contributed by atoms with Gasteiger partial charge < -0.3 is 15.5 Å². The number of hydrogen-bond donors (Lipinski definition) is 2. The lowest BCUT2D eigenvalue weighted by Gasteiger charge is -2.29. The molecule has 2 N–H and O–H groups in total. The molecule has 0 radical (unpaired) electrons. The topological polar surface area (TPSA) is 74.3 Å². The van der Waals surface area contributed by atoms with Crippen molar-refractivity contribution in [3.63, 3.8) is 0 Å². The fraction of sp³-hybridized carbons (Fsp3) is 0.261. The number of hydrogen-bond acceptors (Lipinski definition) is 5. The maximum absolute atomic E-state index is 12.3. The predicted octanol–water partition coefficient (Wildman–Crippen LogP) is 3.14. The maximum Gasteiger partial charge on any atom is 0.261 e. The summed E-state index contributed by atoms with van der Waals surface area (Å²) in [4.78, 5) is 31.8. The second-order valence-electron chi connectivity index (χ2n) is 7.36. The molecule has 6 nitrogen and oxygen atoms in total. The Morgan fingerprint density at radius 3 is 2.70 bits per heavy atom. The van der Waals surface area contributed by atoms with Crippen LogP contribution in [0.1, 0.15) is 33.3 Å². The smallest absolute Gasteiger partial charge is 0.261 e. The van der Waals surface area contributed by atoms with E-state index < -0.39 is 6.04 Å². The van der Waals surface area contributed by atoms with E-state index in [1.807, 2.05) is 23.6 Å². The number of nitrogens with zero attached hydrogens (tertiary/aromatic N) is 2. The van der Waals surface area contributed by atoms with E-state index in [4.69, 9.17) is 0 Å². The Morgan fingerprint density at radius 2 is 1.97 bits per heavy atom. The van der Waals surface area contributed by atoms with Crippen molar-refractivity contribution in [3.05, 3.63) is 81.7 Å². The van der Waals surface area contributed by atoms with E-state index in [0.717, 1.165) is 30.9 Å². The molecule has 0 aliphatic carbocycles. The van der Waals surface area contributed by atoms with Crippen LogP contribution < -0.4 is 15.5 Å². The van der Waals surface area contributed by atoms with Gasteiger partial charge in [0.05, 0.1) is 4.88 Å². The normalized spacial score (nSPS) is 14.0. The van der Waals surface area contributed by atoms with Gasteiger partial charge in [-0.3, -0.25) is 9.59 Å². The van der Waals surface area contributed by atoms with Gasteiger partial charge in [-0.05, 0) is 47.5 Å². The fourth-order valence-corrected chi connectivity index (χ4v) is 4.11. The number of fused-ring (bicyclic) bond motifs is 1. The summed E-state index contributed by atoms with van der Waals surface area (Å²) in [5.41, 5.74) is 3.68. The molecule has 4 rings (SSSR count). The highest BCUT2D eigenvalue weighted by molar-refractivity contribution is 7.12. The molecule has 0 fully saturated rings. The van der Waals surface area contributed by atoms with Crippen molar-refractivity contribution in [3.8, 4) is 0 Å². The molecule has 2 aromatic heterocycles. The number of carbonyl (C=O) groups is 2. The minimum atomic E-state index is -0.611. The van der Waals surface area contributed by atoms with Gasteiger partial charge >= 0.3 is 0 Å².